The Morgan fingerprint density at radius 2 is 1.96 bits per heavy atom. The smallest absolute Gasteiger partial charge is 0.191 e. The molecule has 1 unspecified atom stereocenters. The summed E-state index contributed by atoms with van der Waals surface area (Å²) in [6.45, 7) is 6.92. The van der Waals surface area contributed by atoms with Crippen LogP contribution in [0.4, 0.5) is 0 Å². The van der Waals surface area contributed by atoms with E-state index in [0.717, 1.165) is 51.3 Å². The van der Waals surface area contributed by atoms with Gasteiger partial charge in [0.2, 0.25) is 0 Å². The van der Waals surface area contributed by atoms with Crippen molar-refractivity contribution in [2.45, 2.75) is 52.0 Å². The van der Waals surface area contributed by atoms with Gasteiger partial charge in [0.1, 0.15) is 0 Å². The third-order valence-electron chi connectivity index (χ3n) is 3.71. The lowest BCUT2D eigenvalue weighted by atomic mass is 10.1. The number of ether oxygens (including phenoxy) is 1. The van der Waals surface area contributed by atoms with E-state index >= 15 is 0 Å². The van der Waals surface area contributed by atoms with Gasteiger partial charge in [-0.25, -0.2) is 0 Å². The monoisotopic (exact) mass is 319 g/mol. The molecule has 0 fully saturated rings. The zero-order valence-electron chi connectivity index (χ0n) is 15.0. The summed E-state index contributed by atoms with van der Waals surface area (Å²) in [7, 11) is 1.75. The van der Waals surface area contributed by atoms with Crippen LogP contribution in [0.5, 0.6) is 0 Å². The van der Waals surface area contributed by atoms with Crippen LogP contribution in [0.15, 0.2) is 35.3 Å². The molecular formula is C19H33N3O. The molecule has 130 valence electrons. The van der Waals surface area contributed by atoms with Gasteiger partial charge in [-0.05, 0) is 51.5 Å². The second-order valence-electron chi connectivity index (χ2n) is 5.88. The van der Waals surface area contributed by atoms with Crippen molar-refractivity contribution in [3.63, 3.8) is 0 Å². The summed E-state index contributed by atoms with van der Waals surface area (Å²) in [6.07, 6.45) is 5.58. The van der Waals surface area contributed by atoms with Gasteiger partial charge in [0.05, 0.1) is 0 Å². The van der Waals surface area contributed by atoms with Crippen LogP contribution in [0.3, 0.4) is 0 Å². The molecule has 4 heteroatoms. The maximum atomic E-state index is 5.06. The van der Waals surface area contributed by atoms with Crippen LogP contribution in [-0.4, -0.2) is 38.8 Å². The fraction of sp³-hybridized carbons (Fsp3) is 0.632. The standard InChI is InChI=1S/C19H33N3O/c1-4-20-19(21-15-9-6-10-16-23-3)22-17(2)13-14-18-11-7-5-8-12-18/h5,7-8,11-12,17H,4,6,9-10,13-16H2,1-3H3,(H2,20,21,22). The second kappa shape index (κ2) is 12.9. The van der Waals surface area contributed by atoms with E-state index in [1.165, 1.54) is 12.0 Å². The van der Waals surface area contributed by atoms with Gasteiger partial charge in [0, 0.05) is 32.8 Å². The number of nitrogens with zero attached hydrogens (tertiary/aromatic N) is 1. The SMILES string of the molecule is CCNC(=NCCCCCOC)NC(C)CCc1ccccc1. The van der Waals surface area contributed by atoms with Gasteiger partial charge in [0.25, 0.3) is 0 Å². The number of methoxy groups -OCH3 is 1. The quantitative estimate of drug-likeness (QED) is 0.373. The first-order valence-electron chi connectivity index (χ1n) is 8.84. The molecule has 0 radical (unpaired) electrons. The molecule has 1 rings (SSSR count). The number of benzene rings is 1. The summed E-state index contributed by atoms with van der Waals surface area (Å²) < 4.78 is 5.06. The molecule has 1 atom stereocenters. The molecule has 0 aliphatic heterocycles. The van der Waals surface area contributed by atoms with E-state index in [1.54, 1.807) is 7.11 Å². The maximum Gasteiger partial charge on any atom is 0.191 e. The lowest BCUT2D eigenvalue weighted by molar-refractivity contribution is 0.192. The number of nitrogens with one attached hydrogen (secondary N) is 2. The molecule has 0 aliphatic rings. The Morgan fingerprint density at radius 3 is 2.65 bits per heavy atom. The van der Waals surface area contributed by atoms with Crippen LogP contribution in [-0.2, 0) is 11.2 Å². The molecule has 0 aliphatic carbocycles. The molecule has 0 saturated heterocycles. The number of rotatable bonds is 11. The van der Waals surface area contributed by atoms with Crippen LogP contribution in [0.1, 0.15) is 45.1 Å². The van der Waals surface area contributed by atoms with E-state index in [0.29, 0.717) is 6.04 Å². The normalized spacial score (nSPS) is 12.9. The lowest BCUT2D eigenvalue weighted by Crippen LogP contribution is -2.42. The van der Waals surface area contributed by atoms with Crippen LogP contribution in [0.2, 0.25) is 0 Å². The number of unbranched alkanes of at least 4 members (excludes halogenated alkanes) is 2. The van der Waals surface area contributed by atoms with Crippen molar-refractivity contribution in [2.75, 3.05) is 26.8 Å². The van der Waals surface area contributed by atoms with Crippen molar-refractivity contribution in [3.05, 3.63) is 35.9 Å². The highest BCUT2D eigenvalue weighted by Crippen LogP contribution is 2.04. The summed E-state index contributed by atoms with van der Waals surface area (Å²) in [5.74, 6) is 0.930. The molecule has 1 aromatic rings. The fourth-order valence-electron chi connectivity index (χ4n) is 2.38. The second-order valence-corrected chi connectivity index (χ2v) is 5.88. The van der Waals surface area contributed by atoms with Crippen molar-refractivity contribution in [3.8, 4) is 0 Å². The van der Waals surface area contributed by atoms with Crippen LogP contribution < -0.4 is 10.6 Å². The molecular weight excluding hydrogens is 286 g/mol. The van der Waals surface area contributed by atoms with Gasteiger partial charge in [-0.15, -0.1) is 0 Å². The minimum Gasteiger partial charge on any atom is -0.385 e. The topological polar surface area (TPSA) is 45.7 Å². The van der Waals surface area contributed by atoms with Crippen molar-refractivity contribution in [1.29, 1.82) is 0 Å². The summed E-state index contributed by atoms with van der Waals surface area (Å²) in [6, 6.07) is 11.0. The summed E-state index contributed by atoms with van der Waals surface area (Å²) in [5.41, 5.74) is 1.39. The average molecular weight is 319 g/mol. The zero-order valence-corrected chi connectivity index (χ0v) is 15.0. The average Bonchev–Trinajstić information content (AvgIpc) is 2.57. The molecule has 0 saturated carbocycles. The summed E-state index contributed by atoms with van der Waals surface area (Å²) in [4.78, 5) is 4.66. The first-order chi connectivity index (χ1) is 11.3. The Labute approximate surface area is 141 Å². The highest BCUT2D eigenvalue weighted by molar-refractivity contribution is 5.80. The molecule has 0 aromatic heterocycles. The summed E-state index contributed by atoms with van der Waals surface area (Å²) >= 11 is 0. The Kier molecular flexibility index (Phi) is 11.0. The number of aliphatic imine (C=N–C) groups is 1. The Morgan fingerprint density at radius 1 is 1.17 bits per heavy atom. The first kappa shape index (κ1) is 19.5. The summed E-state index contributed by atoms with van der Waals surface area (Å²) in [5, 5.41) is 6.83. The maximum absolute atomic E-state index is 5.06. The van der Waals surface area contributed by atoms with Gasteiger partial charge in [-0.1, -0.05) is 30.3 Å². The van der Waals surface area contributed by atoms with Crippen LogP contribution in [0.25, 0.3) is 0 Å². The molecule has 0 amide bonds. The third kappa shape index (κ3) is 9.95. The van der Waals surface area contributed by atoms with Crippen molar-refractivity contribution in [1.82, 2.24) is 10.6 Å². The lowest BCUT2D eigenvalue weighted by Gasteiger charge is -2.18. The van der Waals surface area contributed by atoms with E-state index < -0.39 is 0 Å². The minimum absolute atomic E-state index is 0.404. The molecule has 0 bridgehead atoms. The van der Waals surface area contributed by atoms with Gasteiger partial charge in [-0.2, -0.15) is 0 Å². The van der Waals surface area contributed by atoms with E-state index in [1.807, 2.05) is 0 Å². The molecule has 0 heterocycles. The molecule has 1 aromatic carbocycles. The van der Waals surface area contributed by atoms with Gasteiger partial charge in [0.15, 0.2) is 5.96 Å². The van der Waals surface area contributed by atoms with E-state index in [4.69, 9.17) is 4.74 Å². The highest BCUT2D eigenvalue weighted by Gasteiger charge is 2.05. The predicted octanol–water partition coefficient (Wildman–Crippen LogP) is 3.38. The number of hydrogen-bond donors (Lipinski definition) is 2. The number of hydrogen-bond acceptors (Lipinski definition) is 2. The first-order valence-corrected chi connectivity index (χ1v) is 8.84. The van der Waals surface area contributed by atoms with Crippen molar-refractivity contribution < 1.29 is 4.74 Å². The third-order valence-corrected chi connectivity index (χ3v) is 3.71. The number of guanidine groups is 1. The van der Waals surface area contributed by atoms with E-state index in [9.17, 15) is 0 Å². The van der Waals surface area contributed by atoms with Crippen LogP contribution in [0, 0.1) is 0 Å². The molecule has 2 N–H and O–H groups in total. The van der Waals surface area contributed by atoms with Crippen molar-refractivity contribution >= 4 is 5.96 Å². The Bertz CT molecular complexity index is 420. The zero-order chi connectivity index (χ0) is 16.8. The fourth-order valence-corrected chi connectivity index (χ4v) is 2.38. The predicted molar refractivity (Wildman–Crippen MR) is 99.1 cm³/mol. The largest absolute Gasteiger partial charge is 0.385 e. The van der Waals surface area contributed by atoms with E-state index in [-0.39, 0.29) is 0 Å². The molecule has 23 heavy (non-hydrogen) atoms. The highest BCUT2D eigenvalue weighted by atomic mass is 16.5. The van der Waals surface area contributed by atoms with Gasteiger partial charge in [-0.3, -0.25) is 4.99 Å². The number of aryl methyl sites for hydroxylation is 1. The van der Waals surface area contributed by atoms with Gasteiger partial charge >= 0.3 is 0 Å². The van der Waals surface area contributed by atoms with Crippen molar-refractivity contribution in [2.24, 2.45) is 4.99 Å². The Balaban J connectivity index is 2.29. The van der Waals surface area contributed by atoms with Gasteiger partial charge < -0.3 is 15.4 Å². The van der Waals surface area contributed by atoms with Crippen LogP contribution >= 0.6 is 0 Å². The Hall–Kier alpha value is -1.55. The minimum atomic E-state index is 0.404. The van der Waals surface area contributed by atoms with E-state index in [2.05, 4.69) is 59.8 Å². The molecule has 0 spiro atoms. The molecule has 4 nitrogen and oxygen atoms in total.